The van der Waals surface area contributed by atoms with Gasteiger partial charge in [-0.05, 0) is 18.6 Å². The minimum absolute atomic E-state index is 0.0587. The predicted molar refractivity (Wildman–Crippen MR) is 58.0 cm³/mol. The van der Waals surface area contributed by atoms with Gasteiger partial charge in [-0.3, -0.25) is 4.79 Å². The Morgan fingerprint density at radius 1 is 1.29 bits per heavy atom. The number of halogens is 2. The molecule has 1 saturated carbocycles. The Morgan fingerprint density at radius 3 is 2.41 bits per heavy atom. The number of aliphatic imine (C=N–C) groups is 1. The summed E-state index contributed by atoms with van der Waals surface area (Å²) in [4.78, 5) is 14.8. The van der Waals surface area contributed by atoms with E-state index in [-0.39, 0.29) is 11.5 Å². The van der Waals surface area contributed by atoms with Crippen LogP contribution in [0.4, 0.5) is 8.78 Å². The number of guanidine groups is 1. The molecular formula is C11H11F2N3O. The summed E-state index contributed by atoms with van der Waals surface area (Å²) >= 11 is 0. The number of hydrogen-bond donors (Lipinski definition) is 2. The maximum Gasteiger partial charge on any atom is 0.252 e. The lowest BCUT2D eigenvalue weighted by molar-refractivity contribution is -0.119. The van der Waals surface area contributed by atoms with Gasteiger partial charge in [-0.2, -0.15) is 4.99 Å². The van der Waals surface area contributed by atoms with E-state index in [1.807, 2.05) is 0 Å². The van der Waals surface area contributed by atoms with Crippen LogP contribution >= 0.6 is 0 Å². The Balaban J connectivity index is 2.19. The molecule has 0 aliphatic heterocycles. The summed E-state index contributed by atoms with van der Waals surface area (Å²) in [6.07, 6.45) is 0.369. The van der Waals surface area contributed by atoms with Crippen LogP contribution < -0.4 is 11.5 Å². The lowest BCUT2D eigenvalue weighted by Crippen LogP contribution is -2.24. The standard InChI is InChI=1S/C11H11F2N3O/c12-7-2-1-3-8(13)9(7)5-4-6(5)10(17)16-11(14)15/h1-3,5-6H,4H2,(H4,14,15,16,17). The topological polar surface area (TPSA) is 81.5 Å². The summed E-state index contributed by atoms with van der Waals surface area (Å²) in [6, 6.07) is 3.61. The van der Waals surface area contributed by atoms with Gasteiger partial charge in [-0.15, -0.1) is 0 Å². The van der Waals surface area contributed by atoms with Crippen LogP contribution in [-0.2, 0) is 4.79 Å². The third-order valence-electron chi connectivity index (χ3n) is 2.72. The van der Waals surface area contributed by atoms with Crippen molar-refractivity contribution in [3.05, 3.63) is 35.4 Å². The molecule has 2 atom stereocenters. The zero-order valence-electron chi connectivity index (χ0n) is 8.86. The molecule has 1 aliphatic rings. The third-order valence-corrected chi connectivity index (χ3v) is 2.72. The van der Waals surface area contributed by atoms with Crippen molar-refractivity contribution in [1.82, 2.24) is 0 Å². The van der Waals surface area contributed by atoms with Gasteiger partial charge in [-0.25, -0.2) is 8.78 Å². The molecule has 1 aliphatic carbocycles. The van der Waals surface area contributed by atoms with Gasteiger partial charge in [0.2, 0.25) is 0 Å². The van der Waals surface area contributed by atoms with Crippen molar-refractivity contribution in [1.29, 1.82) is 0 Å². The van der Waals surface area contributed by atoms with Gasteiger partial charge in [-0.1, -0.05) is 6.07 Å². The van der Waals surface area contributed by atoms with E-state index in [2.05, 4.69) is 4.99 Å². The Morgan fingerprint density at radius 2 is 1.88 bits per heavy atom. The summed E-state index contributed by atoms with van der Waals surface area (Å²) in [5, 5.41) is 0. The highest BCUT2D eigenvalue weighted by Gasteiger charge is 2.46. The van der Waals surface area contributed by atoms with Gasteiger partial charge in [0.05, 0.1) is 0 Å². The smallest absolute Gasteiger partial charge is 0.252 e. The lowest BCUT2D eigenvalue weighted by Gasteiger charge is -2.02. The van der Waals surface area contributed by atoms with Crippen LogP contribution in [0.3, 0.4) is 0 Å². The maximum absolute atomic E-state index is 13.4. The highest BCUT2D eigenvalue weighted by atomic mass is 19.1. The molecule has 17 heavy (non-hydrogen) atoms. The fourth-order valence-electron chi connectivity index (χ4n) is 1.86. The SMILES string of the molecule is NC(N)=NC(=O)C1CC1c1c(F)cccc1F. The van der Waals surface area contributed by atoms with E-state index in [0.29, 0.717) is 6.42 Å². The molecule has 6 heteroatoms. The predicted octanol–water partition coefficient (Wildman–Crippen LogP) is 0.868. The molecule has 0 aromatic heterocycles. The Kier molecular flexibility index (Phi) is 2.79. The second-order valence-electron chi connectivity index (χ2n) is 3.96. The third kappa shape index (κ3) is 2.25. The summed E-state index contributed by atoms with van der Waals surface area (Å²) in [5.74, 6) is -3.15. The molecule has 2 rings (SSSR count). The molecule has 2 unspecified atom stereocenters. The molecule has 1 aromatic carbocycles. The molecule has 0 spiro atoms. The zero-order chi connectivity index (χ0) is 12.6. The van der Waals surface area contributed by atoms with Crippen molar-refractivity contribution in [3.63, 3.8) is 0 Å². The Hall–Kier alpha value is -1.98. The van der Waals surface area contributed by atoms with E-state index in [1.54, 1.807) is 0 Å². The number of nitrogens with two attached hydrogens (primary N) is 2. The van der Waals surface area contributed by atoms with Crippen molar-refractivity contribution in [2.24, 2.45) is 22.4 Å². The second kappa shape index (κ2) is 4.12. The van der Waals surface area contributed by atoms with Gasteiger partial charge in [0.25, 0.3) is 5.91 Å². The van der Waals surface area contributed by atoms with Crippen molar-refractivity contribution in [2.45, 2.75) is 12.3 Å². The number of amides is 1. The van der Waals surface area contributed by atoms with Gasteiger partial charge in [0.1, 0.15) is 11.6 Å². The zero-order valence-corrected chi connectivity index (χ0v) is 8.86. The molecule has 1 fully saturated rings. The fourth-order valence-corrected chi connectivity index (χ4v) is 1.86. The Labute approximate surface area is 96.3 Å². The Bertz CT molecular complexity index is 477. The molecule has 4 N–H and O–H groups in total. The van der Waals surface area contributed by atoms with Crippen LogP contribution in [0.5, 0.6) is 0 Å². The number of rotatable bonds is 2. The first-order valence-corrected chi connectivity index (χ1v) is 5.08. The molecule has 0 bridgehead atoms. The van der Waals surface area contributed by atoms with E-state index < -0.39 is 29.4 Å². The molecular weight excluding hydrogens is 228 g/mol. The largest absolute Gasteiger partial charge is 0.370 e. The number of carbonyl (C=O) groups is 1. The van der Waals surface area contributed by atoms with Gasteiger partial charge >= 0.3 is 0 Å². The van der Waals surface area contributed by atoms with E-state index >= 15 is 0 Å². The lowest BCUT2D eigenvalue weighted by atomic mass is 10.1. The van der Waals surface area contributed by atoms with Crippen molar-refractivity contribution >= 4 is 11.9 Å². The highest BCUT2D eigenvalue weighted by molar-refractivity contribution is 5.94. The van der Waals surface area contributed by atoms with Crippen LogP contribution in [0.1, 0.15) is 17.9 Å². The number of carbonyl (C=O) groups excluding carboxylic acids is 1. The van der Waals surface area contributed by atoms with E-state index in [1.165, 1.54) is 18.2 Å². The average Bonchev–Trinajstić information content (AvgIpc) is 2.96. The summed E-state index contributed by atoms with van der Waals surface area (Å²) in [6.45, 7) is 0. The quantitative estimate of drug-likeness (QED) is 0.593. The highest BCUT2D eigenvalue weighted by Crippen LogP contribution is 2.49. The number of benzene rings is 1. The van der Waals surface area contributed by atoms with Crippen molar-refractivity contribution < 1.29 is 13.6 Å². The van der Waals surface area contributed by atoms with E-state index in [9.17, 15) is 13.6 Å². The number of hydrogen-bond acceptors (Lipinski definition) is 1. The minimum atomic E-state index is -0.644. The van der Waals surface area contributed by atoms with Crippen LogP contribution in [-0.4, -0.2) is 11.9 Å². The molecule has 0 radical (unpaired) electrons. The first-order chi connectivity index (χ1) is 8.00. The summed E-state index contributed by atoms with van der Waals surface area (Å²) < 4.78 is 26.8. The minimum Gasteiger partial charge on any atom is -0.370 e. The van der Waals surface area contributed by atoms with Gasteiger partial charge < -0.3 is 11.5 Å². The molecule has 0 saturated heterocycles. The second-order valence-corrected chi connectivity index (χ2v) is 3.96. The monoisotopic (exact) mass is 239 g/mol. The molecule has 1 amide bonds. The maximum atomic E-state index is 13.4. The molecule has 1 aromatic rings. The molecule has 90 valence electrons. The van der Waals surface area contributed by atoms with Crippen molar-refractivity contribution in [2.75, 3.05) is 0 Å². The summed E-state index contributed by atoms with van der Waals surface area (Å²) in [7, 11) is 0. The van der Waals surface area contributed by atoms with Gasteiger partial charge in [0.15, 0.2) is 5.96 Å². The fraction of sp³-hybridized carbons (Fsp3) is 0.273. The molecule has 4 nitrogen and oxygen atoms in total. The van der Waals surface area contributed by atoms with E-state index in [4.69, 9.17) is 11.5 Å². The molecule has 0 heterocycles. The normalized spacial score (nSPS) is 22.0. The average molecular weight is 239 g/mol. The van der Waals surface area contributed by atoms with Gasteiger partial charge in [0, 0.05) is 17.4 Å². The van der Waals surface area contributed by atoms with Crippen LogP contribution in [0.2, 0.25) is 0 Å². The van der Waals surface area contributed by atoms with E-state index in [0.717, 1.165) is 0 Å². The van der Waals surface area contributed by atoms with Crippen LogP contribution in [0.15, 0.2) is 23.2 Å². The summed E-state index contributed by atoms with van der Waals surface area (Å²) in [5.41, 5.74) is 10.1. The number of nitrogens with zero attached hydrogens (tertiary/aromatic N) is 1. The van der Waals surface area contributed by atoms with Crippen LogP contribution in [0, 0.1) is 17.6 Å². The van der Waals surface area contributed by atoms with Crippen molar-refractivity contribution in [3.8, 4) is 0 Å². The van der Waals surface area contributed by atoms with Crippen LogP contribution in [0.25, 0.3) is 0 Å². The first kappa shape index (κ1) is 11.5. The first-order valence-electron chi connectivity index (χ1n) is 5.08.